The van der Waals surface area contributed by atoms with E-state index in [1.807, 2.05) is 35.6 Å². The molecule has 0 atom stereocenters. The fraction of sp³-hybridized carbons (Fsp3) is 0.0526. The van der Waals surface area contributed by atoms with Gasteiger partial charge in [-0.3, -0.25) is 4.98 Å². The number of hydrogen-bond donors (Lipinski definition) is 0. The van der Waals surface area contributed by atoms with E-state index in [0.717, 1.165) is 21.7 Å². The Hall–Kier alpha value is -2.37. The molecule has 1 aromatic heterocycles. The van der Waals surface area contributed by atoms with Crippen molar-refractivity contribution in [3.8, 4) is 22.4 Å². The number of rotatable bonds is 2. The van der Waals surface area contributed by atoms with Gasteiger partial charge in [0.15, 0.2) is 0 Å². The molecule has 2 heterocycles. The van der Waals surface area contributed by atoms with E-state index in [2.05, 4.69) is 16.0 Å². The zero-order valence-corrected chi connectivity index (χ0v) is 14.9. The topological polar surface area (TPSA) is 28.5 Å². The van der Waals surface area contributed by atoms with Gasteiger partial charge >= 0.3 is 0 Å². The van der Waals surface area contributed by atoms with Crippen LogP contribution >= 0.6 is 23.5 Å². The quantitative estimate of drug-likeness (QED) is 0.533. The van der Waals surface area contributed by atoms with Gasteiger partial charge in [0.05, 0.1) is 16.3 Å². The van der Waals surface area contributed by atoms with Crippen LogP contribution in [0.3, 0.4) is 0 Å². The molecule has 0 fully saturated rings. The van der Waals surface area contributed by atoms with Gasteiger partial charge in [0.25, 0.3) is 0 Å². The second-order valence-corrected chi connectivity index (χ2v) is 7.22. The fourth-order valence-electron chi connectivity index (χ4n) is 2.72. The minimum atomic E-state index is -0.346. The summed E-state index contributed by atoms with van der Waals surface area (Å²) in [5.74, 6) is -0.346. The first-order valence-electron chi connectivity index (χ1n) is 7.62. The van der Waals surface area contributed by atoms with Crippen LogP contribution < -0.4 is 0 Å². The summed E-state index contributed by atoms with van der Waals surface area (Å²) in [6, 6.07) is 14.3. The van der Waals surface area contributed by atoms with E-state index in [1.165, 1.54) is 12.1 Å². The third kappa shape index (κ3) is 3.13. The van der Waals surface area contributed by atoms with Gasteiger partial charge in [0, 0.05) is 29.4 Å². The summed E-state index contributed by atoms with van der Waals surface area (Å²) in [5, 5.41) is 0.477. The Morgan fingerprint density at radius 1 is 1.08 bits per heavy atom. The molecule has 0 aliphatic carbocycles. The molecule has 0 saturated carbocycles. The lowest BCUT2D eigenvalue weighted by Gasteiger charge is -2.19. The maximum atomic E-state index is 14.3. The van der Waals surface area contributed by atoms with Crippen molar-refractivity contribution in [2.45, 2.75) is 4.90 Å². The maximum Gasteiger partial charge on any atom is 0.132 e. The predicted octanol–water partition coefficient (Wildman–Crippen LogP) is 5.82. The van der Waals surface area contributed by atoms with Crippen LogP contribution in [0.2, 0.25) is 5.02 Å². The average Bonchev–Trinajstić information content (AvgIpc) is 2.63. The number of aromatic nitrogens is 1. The lowest BCUT2D eigenvalue weighted by Crippen LogP contribution is -2.08. The van der Waals surface area contributed by atoms with E-state index < -0.39 is 0 Å². The Labute approximate surface area is 154 Å². The van der Waals surface area contributed by atoms with Gasteiger partial charge in [-0.2, -0.15) is 0 Å². The second-order valence-electron chi connectivity index (χ2n) is 5.59. The van der Waals surface area contributed by atoms with Gasteiger partial charge in [-0.1, -0.05) is 23.7 Å². The van der Waals surface area contributed by atoms with Crippen molar-refractivity contribution in [2.75, 3.05) is 7.05 Å². The van der Waals surface area contributed by atoms with Crippen LogP contribution in [0.15, 0.2) is 64.6 Å². The van der Waals surface area contributed by atoms with E-state index in [0.29, 0.717) is 16.3 Å². The molecule has 25 heavy (non-hydrogen) atoms. The third-order valence-electron chi connectivity index (χ3n) is 3.86. The number of aliphatic imine (C=N–C) groups is 1. The van der Waals surface area contributed by atoms with Crippen molar-refractivity contribution in [3.05, 3.63) is 65.6 Å². The number of fused-ring (bicyclic) bond motifs is 1. The Morgan fingerprint density at radius 2 is 1.96 bits per heavy atom. The molecule has 4 rings (SSSR count). The van der Waals surface area contributed by atoms with Crippen LogP contribution in [-0.2, 0) is 0 Å². The highest BCUT2D eigenvalue weighted by Crippen LogP contribution is 2.39. The Kier molecular flexibility index (Phi) is 4.19. The van der Waals surface area contributed by atoms with E-state index in [1.54, 1.807) is 30.5 Å². The van der Waals surface area contributed by atoms with Crippen molar-refractivity contribution < 1.29 is 4.39 Å². The van der Waals surface area contributed by atoms with E-state index in [9.17, 15) is 4.39 Å². The molecule has 0 spiro atoms. The molecule has 3 aromatic rings. The summed E-state index contributed by atoms with van der Waals surface area (Å²) >= 11 is 7.65. The summed E-state index contributed by atoms with van der Waals surface area (Å²) in [6.07, 6.45) is 3.44. The normalized spacial score (nSPS) is 13.0. The zero-order chi connectivity index (χ0) is 17.4. The van der Waals surface area contributed by atoms with Crippen LogP contribution in [0, 0.1) is 5.82 Å². The highest BCUT2D eigenvalue weighted by molar-refractivity contribution is 7.97. The zero-order valence-electron chi connectivity index (χ0n) is 13.3. The van der Waals surface area contributed by atoms with Crippen molar-refractivity contribution in [1.29, 1.82) is 0 Å². The summed E-state index contributed by atoms with van der Waals surface area (Å²) in [4.78, 5) is 9.86. The van der Waals surface area contributed by atoms with E-state index in [4.69, 9.17) is 11.6 Å². The summed E-state index contributed by atoms with van der Waals surface area (Å²) in [7, 11) is 1.95. The minimum absolute atomic E-state index is 0.346. The van der Waals surface area contributed by atoms with Crippen molar-refractivity contribution in [2.24, 2.45) is 4.99 Å². The van der Waals surface area contributed by atoms with Gasteiger partial charge in [-0.05, 0) is 53.9 Å². The monoisotopic (exact) mass is 369 g/mol. The first-order valence-corrected chi connectivity index (χ1v) is 8.77. The molecule has 6 heteroatoms. The molecule has 2 aromatic carbocycles. The summed E-state index contributed by atoms with van der Waals surface area (Å²) < 4.78 is 16.3. The van der Waals surface area contributed by atoms with Crippen LogP contribution in [0.25, 0.3) is 22.4 Å². The van der Waals surface area contributed by atoms with E-state index >= 15 is 0 Å². The molecule has 0 amide bonds. The standard InChI is InChI=1S/C19H13ClFN3S/c1-24-11-23-17-7-4-12(9-18(17)25-24)14-3-2-8-22-19(14)15-10-13(20)5-6-16(15)21/h2-11H,1H3. The smallest absolute Gasteiger partial charge is 0.132 e. The predicted molar refractivity (Wildman–Crippen MR) is 102 cm³/mol. The molecule has 0 N–H and O–H groups in total. The second kappa shape index (κ2) is 6.50. The first kappa shape index (κ1) is 16.1. The summed E-state index contributed by atoms with van der Waals surface area (Å²) in [5.41, 5.74) is 3.69. The van der Waals surface area contributed by atoms with Crippen molar-refractivity contribution in [3.63, 3.8) is 0 Å². The molecular weight excluding hydrogens is 357 g/mol. The highest BCUT2D eigenvalue weighted by atomic mass is 35.5. The van der Waals surface area contributed by atoms with Crippen LogP contribution in [-0.4, -0.2) is 22.7 Å². The van der Waals surface area contributed by atoms with Gasteiger partial charge in [0.2, 0.25) is 0 Å². The SMILES string of the molecule is CN1C=Nc2ccc(-c3cccnc3-c3cc(Cl)ccc3F)cc2S1. The largest absolute Gasteiger partial charge is 0.306 e. The van der Waals surface area contributed by atoms with Crippen molar-refractivity contribution in [1.82, 2.24) is 9.29 Å². The van der Waals surface area contributed by atoms with Crippen LogP contribution in [0.1, 0.15) is 0 Å². The van der Waals surface area contributed by atoms with Gasteiger partial charge < -0.3 is 4.31 Å². The summed E-state index contributed by atoms with van der Waals surface area (Å²) in [6.45, 7) is 0. The number of benzene rings is 2. The molecule has 3 nitrogen and oxygen atoms in total. The molecule has 0 unspecified atom stereocenters. The number of hydrogen-bond acceptors (Lipinski definition) is 4. The van der Waals surface area contributed by atoms with Gasteiger partial charge in [-0.15, -0.1) is 0 Å². The Bertz CT molecular complexity index is 990. The number of halogens is 2. The number of nitrogens with zero attached hydrogens (tertiary/aromatic N) is 3. The average molecular weight is 370 g/mol. The van der Waals surface area contributed by atoms with Crippen LogP contribution in [0.4, 0.5) is 10.1 Å². The van der Waals surface area contributed by atoms with E-state index in [-0.39, 0.29) is 5.82 Å². The van der Waals surface area contributed by atoms with Crippen LogP contribution in [0.5, 0.6) is 0 Å². The minimum Gasteiger partial charge on any atom is -0.306 e. The molecule has 0 radical (unpaired) electrons. The molecular formula is C19H13ClFN3S. The molecule has 124 valence electrons. The molecule has 0 bridgehead atoms. The molecule has 1 aliphatic heterocycles. The fourth-order valence-corrected chi connectivity index (χ4v) is 3.69. The Balaban J connectivity index is 1.87. The lowest BCUT2D eigenvalue weighted by atomic mass is 9.99. The maximum absolute atomic E-state index is 14.3. The molecule has 0 saturated heterocycles. The number of pyridine rings is 1. The third-order valence-corrected chi connectivity index (χ3v) is 5.00. The highest BCUT2D eigenvalue weighted by Gasteiger charge is 2.16. The Morgan fingerprint density at radius 3 is 2.84 bits per heavy atom. The lowest BCUT2D eigenvalue weighted by molar-refractivity contribution is 0.631. The first-order chi connectivity index (χ1) is 12.1. The molecule has 1 aliphatic rings. The van der Waals surface area contributed by atoms with Gasteiger partial charge in [-0.25, -0.2) is 9.38 Å². The van der Waals surface area contributed by atoms with Gasteiger partial charge in [0.1, 0.15) is 12.2 Å². The van der Waals surface area contributed by atoms with Crippen molar-refractivity contribution >= 4 is 35.6 Å².